The van der Waals surface area contributed by atoms with E-state index >= 15 is 0 Å². The van der Waals surface area contributed by atoms with Gasteiger partial charge in [0.15, 0.2) is 5.58 Å². The first-order chi connectivity index (χ1) is 12.1. The van der Waals surface area contributed by atoms with Gasteiger partial charge in [0, 0.05) is 25.6 Å². The average molecular weight is 344 g/mol. The smallest absolute Gasteiger partial charge is 0.408 e. The van der Waals surface area contributed by atoms with E-state index < -0.39 is 5.76 Å². The number of rotatable bonds is 3. The number of oxazole rings is 1. The Labute approximate surface area is 146 Å². The molecule has 2 fully saturated rings. The number of hydrogen-bond donors (Lipinski definition) is 0. The van der Waals surface area contributed by atoms with Gasteiger partial charge in [0.2, 0.25) is 5.91 Å². The number of piperidine rings is 1. The number of hydrogen-bond acceptors (Lipinski definition) is 4. The van der Waals surface area contributed by atoms with Crippen molar-refractivity contribution in [3.8, 4) is 0 Å². The minimum absolute atomic E-state index is 0.0190. The predicted molar refractivity (Wildman–Crippen MR) is 93.4 cm³/mol. The van der Waals surface area contributed by atoms with Gasteiger partial charge in [-0.05, 0) is 37.8 Å². The van der Waals surface area contributed by atoms with Crippen LogP contribution in [0.25, 0.3) is 11.1 Å². The van der Waals surface area contributed by atoms with Crippen LogP contribution >= 0.6 is 0 Å². The molecule has 1 aliphatic carbocycles. The van der Waals surface area contributed by atoms with E-state index in [0.717, 1.165) is 45.2 Å². The summed E-state index contributed by atoms with van der Waals surface area (Å²) < 4.78 is 12.4. The van der Waals surface area contributed by atoms with Gasteiger partial charge in [-0.25, -0.2) is 4.79 Å². The van der Waals surface area contributed by atoms with Gasteiger partial charge in [0.05, 0.1) is 11.6 Å². The van der Waals surface area contributed by atoms with Crippen LogP contribution in [0.15, 0.2) is 33.5 Å². The highest BCUT2D eigenvalue weighted by Gasteiger charge is 2.46. The van der Waals surface area contributed by atoms with Gasteiger partial charge in [-0.15, -0.1) is 0 Å². The van der Waals surface area contributed by atoms with E-state index in [0.29, 0.717) is 11.1 Å². The molecule has 6 heteroatoms. The second-order valence-electron chi connectivity index (χ2n) is 7.32. The van der Waals surface area contributed by atoms with Crippen LogP contribution in [0, 0.1) is 5.41 Å². The normalized spacial score (nSPS) is 26.6. The van der Waals surface area contributed by atoms with Crippen LogP contribution < -0.4 is 5.76 Å². The molecule has 1 spiro atoms. The van der Waals surface area contributed by atoms with Crippen molar-refractivity contribution in [3.05, 3.63) is 34.8 Å². The predicted octanol–water partition coefficient (Wildman–Crippen LogP) is 2.40. The number of para-hydroxylation sites is 2. The summed E-state index contributed by atoms with van der Waals surface area (Å²) in [6.07, 6.45) is 5.69. The molecule has 0 N–H and O–H groups in total. The molecule has 1 saturated carbocycles. The Hall–Kier alpha value is -2.08. The maximum atomic E-state index is 12.9. The van der Waals surface area contributed by atoms with E-state index in [2.05, 4.69) is 0 Å². The molecule has 1 amide bonds. The molecule has 0 radical (unpaired) electrons. The highest BCUT2D eigenvalue weighted by atomic mass is 16.5. The molecular weight excluding hydrogens is 320 g/mol. The fourth-order valence-corrected chi connectivity index (χ4v) is 4.71. The largest absolute Gasteiger partial charge is 0.420 e. The summed E-state index contributed by atoms with van der Waals surface area (Å²) in [7, 11) is 1.77. The van der Waals surface area contributed by atoms with Crippen molar-refractivity contribution in [3.63, 3.8) is 0 Å². The zero-order chi connectivity index (χ0) is 17.4. The summed E-state index contributed by atoms with van der Waals surface area (Å²) in [5.41, 5.74) is 1.28. The molecule has 1 aromatic carbocycles. The lowest BCUT2D eigenvalue weighted by atomic mass is 9.76. The summed E-state index contributed by atoms with van der Waals surface area (Å²) >= 11 is 0. The molecular formula is C19H24N2O4. The van der Waals surface area contributed by atoms with Crippen LogP contribution in [0.1, 0.15) is 32.1 Å². The second kappa shape index (κ2) is 6.33. The Morgan fingerprint density at radius 3 is 2.96 bits per heavy atom. The maximum absolute atomic E-state index is 12.9. The van der Waals surface area contributed by atoms with E-state index in [9.17, 15) is 9.59 Å². The molecule has 4 rings (SSSR count). The quantitative estimate of drug-likeness (QED) is 0.858. The summed E-state index contributed by atoms with van der Waals surface area (Å²) in [5, 5.41) is 0. The summed E-state index contributed by atoms with van der Waals surface area (Å²) in [4.78, 5) is 26.9. The number of carbonyl (C=O) groups is 1. The number of ether oxygens (including phenoxy) is 1. The van der Waals surface area contributed by atoms with Gasteiger partial charge in [0.25, 0.3) is 0 Å². The standard InChI is InChI=1S/C19H24N2O4/c1-24-16-8-4-9-19(16)10-5-11-20(13-19)17(22)12-21-14-6-2-3-7-15(14)25-18(21)23/h2-3,6-7,16H,4-5,8-13H2,1H3/t16-,19+/m1/s1. The number of amides is 1. The molecule has 6 nitrogen and oxygen atoms in total. The van der Waals surface area contributed by atoms with Crippen molar-refractivity contribution in [2.24, 2.45) is 5.41 Å². The van der Waals surface area contributed by atoms with Gasteiger partial charge in [-0.3, -0.25) is 9.36 Å². The third-order valence-electron chi connectivity index (χ3n) is 5.94. The average Bonchev–Trinajstić information content (AvgIpc) is 3.15. The van der Waals surface area contributed by atoms with Crippen molar-refractivity contribution in [1.29, 1.82) is 0 Å². The Morgan fingerprint density at radius 2 is 2.12 bits per heavy atom. The maximum Gasteiger partial charge on any atom is 0.420 e. The van der Waals surface area contributed by atoms with Crippen LogP contribution in [0.4, 0.5) is 0 Å². The fraction of sp³-hybridized carbons (Fsp3) is 0.579. The first-order valence-corrected chi connectivity index (χ1v) is 9.02. The minimum atomic E-state index is -0.475. The van der Waals surface area contributed by atoms with E-state index in [1.165, 1.54) is 4.57 Å². The van der Waals surface area contributed by atoms with Crippen molar-refractivity contribution < 1.29 is 13.9 Å². The van der Waals surface area contributed by atoms with Crippen LogP contribution in [-0.4, -0.2) is 41.7 Å². The molecule has 1 aromatic heterocycles. The molecule has 2 aromatic rings. The first kappa shape index (κ1) is 16.4. The number of carbonyl (C=O) groups excluding carboxylic acids is 1. The summed E-state index contributed by atoms with van der Waals surface area (Å²) in [6.45, 7) is 1.51. The lowest BCUT2D eigenvalue weighted by molar-refractivity contribution is -0.138. The molecule has 2 aliphatic rings. The Bertz CT molecular complexity index is 839. The van der Waals surface area contributed by atoms with Crippen LogP contribution in [-0.2, 0) is 16.1 Å². The number of likely N-dealkylation sites (tertiary alicyclic amines) is 1. The van der Waals surface area contributed by atoms with Gasteiger partial charge in [0.1, 0.15) is 6.54 Å². The second-order valence-corrected chi connectivity index (χ2v) is 7.32. The Kier molecular flexibility index (Phi) is 4.15. The third kappa shape index (κ3) is 2.78. The molecule has 0 unspecified atom stereocenters. The SMILES string of the molecule is CO[C@@H]1CCC[C@@]12CCCN(C(=O)Cn1c(=O)oc3ccccc31)C2. The van der Waals surface area contributed by atoms with Crippen molar-refractivity contribution in [1.82, 2.24) is 9.47 Å². The van der Waals surface area contributed by atoms with Crippen molar-refractivity contribution in [2.45, 2.75) is 44.8 Å². The van der Waals surface area contributed by atoms with E-state index in [1.807, 2.05) is 23.1 Å². The molecule has 0 bridgehead atoms. The molecule has 2 heterocycles. The highest BCUT2D eigenvalue weighted by molar-refractivity contribution is 5.79. The van der Waals surface area contributed by atoms with Crippen molar-refractivity contribution >= 4 is 17.0 Å². The topological polar surface area (TPSA) is 64.7 Å². The number of fused-ring (bicyclic) bond motifs is 1. The van der Waals surface area contributed by atoms with Crippen LogP contribution in [0.3, 0.4) is 0 Å². The molecule has 25 heavy (non-hydrogen) atoms. The lowest BCUT2D eigenvalue weighted by Gasteiger charge is -2.43. The van der Waals surface area contributed by atoms with Crippen LogP contribution in [0.5, 0.6) is 0 Å². The first-order valence-electron chi connectivity index (χ1n) is 9.02. The Balaban J connectivity index is 1.55. The molecule has 134 valence electrons. The zero-order valence-corrected chi connectivity index (χ0v) is 14.6. The monoisotopic (exact) mass is 344 g/mol. The number of nitrogens with zero attached hydrogens (tertiary/aromatic N) is 2. The number of benzene rings is 1. The third-order valence-corrected chi connectivity index (χ3v) is 5.94. The van der Waals surface area contributed by atoms with Gasteiger partial charge < -0.3 is 14.1 Å². The minimum Gasteiger partial charge on any atom is -0.408 e. The van der Waals surface area contributed by atoms with Gasteiger partial charge in [-0.1, -0.05) is 18.6 Å². The van der Waals surface area contributed by atoms with E-state index in [1.54, 1.807) is 13.2 Å². The van der Waals surface area contributed by atoms with E-state index in [4.69, 9.17) is 9.15 Å². The number of methoxy groups -OCH3 is 1. The molecule has 1 saturated heterocycles. The lowest BCUT2D eigenvalue weighted by Crippen LogP contribution is -2.50. The Morgan fingerprint density at radius 1 is 1.32 bits per heavy atom. The van der Waals surface area contributed by atoms with Crippen LogP contribution in [0.2, 0.25) is 0 Å². The highest BCUT2D eigenvalue weighted by Crippen LogP contribution is 2.46. The molecule has 1 aliphatic heterocycles. The van der Waals surface area contributed by atoms with Crippen molar-refractivity contribution in [2.75, 3.05) is 20.2 Å². The summed E-state index contributed by atoms with van der Waals surface area (Å²) in [5.74, 6) is -0.494. The molecule has 2 atom stereocenters. The number of aromatic nitrogens is 1. The summed E-state index contributed by atoms with van der Waals surface area (Å²) in [6, 6.07) is 7.21. The van der Waals surface area contributed by atoms with Gasteiger partial charge >= 0.3 is 5.76 Å². The van der Waals surface area contributed by atoms with E-state index in [-0.39, 0.29) is 24.0 Å². The van der Waals surface area contributed by atoms with Gasteiger partial charge in [-0.2, -0.15) is 0 Å². The zero-order valence-electron chi connectivity index (χ0n) is 14.6. The fourth-order valence-electron chi connectivity index (χ4n) is 4.71.